The van der Waals surface area contributed by atoms with Crippen LogP contribution in [0.5, 0.6) is 0 Å². The second-order valence-electron chi connectivity index (χ2n) is 5.07. The number of hydrogen-bond acceptors (Lipinski definition) is 6. The van der Waals surface area contributed by atoms with Crippen molar-refractivity contribution in [1.29, 1.82) is 0 Å². The van der Waals surface area contributed by atoms with Gasteiger partial charge in [0.05, 0.1) is 18.5 Å². The number of aliphatic hydroxyl groups is 1. The van der Waals surface area contributed by atoms with Gasteiger partial charge in [-0.15, -0.1) is 0 Å². The zero-order valence-corrected chi connectivity index (χ0v) is 12.8. The number of likely N-dealkylation sites (N-methyl/N-ethyl adjacent to an activating group) is 1. The van der Waals surface area contributed by atoms with Crippen LogP contribution in [-0.4, -0.2) is 72.0 Å². The van der Waals surface area contributed by atoms with Gasteiger partial charge in [0.2, 0.25) is 15.3 Å². The molecular formula is C11H17ClN4O3S. The molecule has 2 atom stereocenters. The smallest absolute Gasteiger partial charge is 0.246 e. The number of nitrogens with zero attached hydrogens (tertiary/aromatic N) is 4. The van der Waals surface area contributed by atoms with Gasteiger partial charge in [0, 0.05) is 19.1 Å². The predicted octanol–water partition coefficient (Wildman–Crippen LogP) is -0.185. The number of β-amino-alcohol motifs (C(OH)–C–C–N with tert-alkyl or cyclic N) is 1. The molecule has 2 heterocycles. The topological polar surface area (TPSA) is 86.6 Å². The number of halogens is 1. The van der Waals surface area contributed by atoms with Crippen LogP contribution in [0.3, 0.4) is 0 Å². The number of rotatable bonds is 4. The summed E-state index contributed by atoms with van der Waals surface area (Å²) >= 11 is 5.56. The van der Waals surface area contributed by atoms with Gasteiger partial charge in [-0.3, -0.25) is 0 Å². The molecule has 0 amide bonds. The standard InChI is InChI=1S/C11H17ClN4O3S/c1-15(2)6-8-3-9(17)7-16(8)20(18,19)10-4-13-11(12)14-5-10/h4-5,8-9,17H,3,6-7H2,1-2H3. The van der Waals surface area contributed by atoms with E-state index in [2.05, 4.69) is 9.97 Å². The van der Waals surface area contributed by atoms with E-state index < -0.39 is 16.1 Å². The molecule has 0 saturated carbocycles. The molecule has 0 aromatic carbocycles. The zero-order chi connectivity index (χ0) is 14.9. The highest BCUT2D eigenvalue weighted by Crippen LogP contribution is 2.26. The van der Waals surface area contributed by atoms with Gasteiger partial charge in [0.1, 0.15) is 4.90 Å². The zero-order valence-electron chi connectivity index (χ0n) is 11.3. The first-order chi connectivity index (χ1) is 9.30. The van der Waals surface area contributed by atoms with Gasteiger partial charge >= 0.3 is 0 Å². The molecule has 1 aliphatic rings. The average molecular weight is 321 g/mol. The molecule has 0 aliphatic carbocycles. The Morgan fingerprint density at radius 2 is 2.05 bits per heavy atom. The molecule has 2 unspecified atom stereocenters. The summed E-state index contributed by atoms with van der Waals surface area (Å²) in [5, 5.41) is 9.76. The van der Waals surface area contributed by atoms with Crippen molar-refractivity contribution in [2.24, 2.45) is 0 Å². The van der Waals surface area contributed by atoms with Crippen LogP contribution in [0.15, 0.2) is 17.3 Å². The second kappa shape index (κ2) is 5.90. The fourth-order valence-corrected chi connectivity index (χ4v) is 3.97. The Morgan fingerprint density at radius 1 is 1.45 bits per heavy atom. The van der Waals surface area contributed by atoms with Gasteiger partial charge in [-0.1, -0.05) is 0 Å². The van der Waals surface area contributed by atoms with Crippen LogP contribution >= 0.6 is 11.6 Å². The molecule has 20 heavy (non-hydrogen) atoms. The SMILES string of the molecule is CN(C)CC1CC(O)CN1S(=O)(=O)c1cnc(Cl)nc1. The molecule has 1 aliphatic heterocycles. The van der Waals surface area contributed by atoms with Crippen LogP contribution in [-0.2, 0) is 10.0 Å². The Labute approximate surface area is 123 Å². The van der Waals surface area contributed by atoms with Crippen molar-refractivity contribution in [1.82, 2.24) is 19.2 Å². The molecule has 0 spiro atoms. The van der Waals surface area contributed by atoms with Gasteiger partial charge in [0.25, 0.3) is 0 Å². The number of hydrogen-bond donors (Lipinski definition) is 1. The molecule has 0 radical (unpaired) electrons. The van der Waals surface area contributed by atoms with E-state index >= 15 is 0 Å². The van der Waals surface area contributed by atoms with Crippen LogP contribution in [0.4, 0.5) is 0 Å². The molecule has 1 N–H and O–H groups in total. The summed E-state index contributed by atoms with van der Waals surface area (Å²) in [5.41, 5.74) is 0. The lowest BCUT2D eigenvalue weighted by molar-refractivity contribution is 0.188. The van der Waals surface area contributed by atoms with Crippen molar-refractivity contribution in [3.8, 4) is 0 Å². The molecular weight excluding hydrogens is 304 g/mol. The van der Waals surface area contributed by atoms with Crippen molar-refractivity contribution in [3.63, 3.8) is 0 Å². The first-order valence-corrected chi connectivity index (χ1v) is 7.94. The molecule has 112 valence electrons. The Hall–Kier alpha value is -0.800. The summed E-state index contributed by atoms with van der Waals surface area (Å²) in [7, 11) is 0.00386. The maximum atomic E-state index is 12.6. The van der Waals surface area contributed by atoms with Crippen molar-refractivity contribution in [2.45, 2.75) is 23.5 Å². The van der Waals surface area contributed by atoms with E-state index in [1.807, 2.05) is 19.0 Å². The van der Waals surface area contributed by atoms with Crippen molar-refractivity contribution in [2.75, 3.05) is 27.2 Å². The van der Waals surface area contributed by atoms with E-state index in [9.17, 15) is 13.5 Å². The van der Waals surface area contributed by atoms with E-state index in [0.29, 0.717) is 13.0 Å². The lowest BCUT2D eigenvalue weighted by Crippen LogP contribution is -2.41. The first kappa shape index (κ1) is 15.6. The van der Waals surface area contributed by atoms with Crippen LogP contribution in [0.1, 0.15) is 6.42 Å². The molecule has 1 aromatic rings. The van der Waals surface area contributed by atoms with Crippen LogP contribution in [0.2, 0.25) is 5.28 Å². The van der Waals surface area contributed by atoms with Crippen molar-refractivity contribution in [3.05, 3.63) is 17.7 Å². The minimum Gasteiger partial charge on any atom is -0.392 e. The van der Waals surface area contributed by atoms with Crippen molar-refractivity contribution < 1.29 is 13.5 Å². The molecule has 7 nitrogen and oxygen atoms in total. The molecule has 9 heteroatoms. The summed E-state index contributed by atoms with van der Waals surface area (Å²) in [4.78, 5) is 9.27. The average Bonchev–Trinajstić information content (AvgIpc) is 2.70. The maximum absolute atomic E-state index is 12.6. The number of aromatic nitrogens is 2. The van der Waals surface area contributed by atoms with Crippen molar-refractivity contribution >= 4 is 21.6 Å². The molecule has 0 bridgehead atoms. The Balaban J connectivity index is 2.29. The van der Waals surface area contributed by atoms with E-state index in [4.69, 9.17) is 11.6 Å². The van der Waals surface area contributed by atoms with Gasteiger partial charge < -0.3 is 10.0 Å². The summed E-state index contributed by atoms with van der Waals surface area (Å²) in [5.74, 6) is 0. The monoisotopic (exact) mass is 320 g/mol. The Bertz CT molecular complexity index is 564. The Kier molecular flexibility index (Phi) is 4.60. The summed E-state index contributed by atoms with van der Waals surface area (Å²) in [6.07, 6.45) is 2.14. The fraction of sp³-hybridized carbons (Fsp3) is 0.636. The Morgan fingerprint density at radius 3 is 2.60 bits per heavy atom. The van der Waals surface area contributed by atoms with E-state index in [-0.39, 0.29) is 22.8 Å². The largest absolute Gasteiger partial charge is 0.392 e. The third-order valence-corrected chi connectivity index (χ3v) is 5.19. The third kappa shape index (κ3) is 3.26. The first-order valence-electron chi connectivity index (χ1n) is 6.13. The highest BCUT2D eigenvalue weighted by molar-refractivity contribution is 7.89. The highest BCUT2D eigenvalue weighted by atomic mass is 35.5. The van der Waals surface area contributed by atoms with Gasteiger partial charge in [-0.2, -0.15) is 4.31 Å². The number of sulfonamides is 1. The summed E-state index contributed by atoms with van der Waals surface area (Å²) in [6.45, 7) is 0.633. The predicted molar refractivity (Wildman–Crippen MR) is 73.9 cm³/mol. The third-order valence-electron chi connectivity index (χ3n) is 3.12. The normalized spacial score (nSPS) is 24.4. The summed E-state index contributed by atoms with van der Waals surface area (Å²) in [6, 6.07) is -0.263. The van der Waals surface area contributed by atoms with Crippen LogP contribution in [0.25, 0.3) is 0 Å². The van der Waals surface area contributed by atoms with Crippen LogP contribution in [0, 0.1) is 0 Å². The minimum absolute atomic E-state index is 0.00440. The van der Waals surface area contributed by atoms with E-state index in [0.717, 1.165) is 0 Å². The summed E-state index contributed by atoms with van der Waals surface area (Å²) < 4.78 is 26.4. The fourth-order valence-electron chi connectivity index (χ4n) is 2.31. The van der Waals surface area contributed by atoms with Gasteiger partial charge in [-0.05, 0) is 32.1 Å². The number of aliphatic hydroxyl groups excluding tert-OH is 1. The van der Waals surface area contributed by atoms with E-state index in [1.165, 1.54) is 16.7 Å². The molecule has 2 rings (SSSR count). The van der Waals surface area contributed by atoms with Gasteiger partial charge in [0.15, 0.2) is 0 Å². The minimum atomic E-state index is -3.72. The lowest BCUT2D eigenvalue weighted by Gasteiger charge is -2.25. The molecule has 1 aromatic heterocycles. The lowest BCUT2D eigenvalue weighted by atomic mass is 10.2. The maximum Gasteiger partial charge on any atom is 0.246 e. The highest BCUT2D eigenvalue weighted by Gasteiger charge is 2.40. The van der Waals surface area contributed by atoms with Gasteiger partial charge in [-0.25, -0.2) is 18.4 Å². The molecule has 1 fully saturated rings. The van der Waals surface area contributed by atoms with Crippen LogP contribution < -0.4 is 0 Å². The second-order valence-corrected chi connectivity index (χ2v) is 7.30. The quantitative estimate of drug-likeness (QED) is 0.774. The molecule has 1 saturated heterocycles. The van der Waals surface area contributed by atoms with E-state index in [1.54, 1.807) is 0 Å².